The van der Waals surface area contributed by atoms with Crippen LogP contribution in [0.5, 0.6) is 0 Å². The largest absolute Gasteiger partial charge is 0.447 e. The fourth-order valence-corrected chi connectivity index (χ4v) is 3.19. The van der Waals surface area contributed by atoms with Crippen LogP contribution in [0.3, 0.4) is 0 Å². The Kier molecular flexibility index (Phi) is 6.29. The summed E-state index contributed by atoms with van der Waals surface area (Å²) in [7, 11) is 2.08. The lowest BCUT2D eigenvalue weighted by molar-refractivity contribution is -0.0329. The summed E-state index contributed by atoms with van der Waals surface area (Å²) in [5, 5.41) is 2.40. The van der Waals surface area contributed by atoms with Gasteiger partial charge in [-0.15, -0.1) is 0 Å². The molecule has 2 rings (SSSR count). The maximum Gasteiger partial charge on any atom is 0.447 e. The van der Waals surface area contributed by atoms with Crippen molar-refractivity contribution in [2.45, 2.75) is 29.8 Å². The molecule has 1 aliphatic heterocycles. The number of halogens is 3. The SMILES string of the molecule is CN1CCC(CCNC(=O)c2cccnc2SC(F)(F)F)CC1. The van der Waals surface area contributed by atoms with Crippen molar-refractivity contribution in [3.05, 3.63) is 23.9 Å². The van der Waals surface area contributed by atoms with Crippen molar-refractivity contribution in [1.82, 2.24) is 15.2 Å². The highest BCUT2D eigenvalue weighted by Gasteiger charge is 2.32. The van der Waals surface area contributed by atoms with E-state index in [0.29, 0.717) is 12.5 Å². The smallest absolute Gasteiger partial charge is 0.352 e. The summed E-state index contributed by atoms with van der Waals surface area (Å²) in [6, 6.07) is 2.83. The summed E-state index contributed by atoms with van der Waals surface area (Å²) < 4.78 is 37.5. The van der Waals surface area contributed by atoms with Gasteiger partial charge in [0.2, 0.25) is 0 Å². The molecule has 0 atom stereocenters. The van der Waals surface area contributed by atoms with Gasteiger partial charge in [0, 0.05) is 24.5 Å². The number of carbonyl (C=O) groups is 1. The van der Waals surface area contributed by atoms with E-state index in [4.69, 9.17) is 0 Å². The van der Waals surface area contributed by atoms with E-state index in [-0.39, 0.29) is 22.4 Å². The van der Waals surface area contributed by atoms with Crippen molar-refractivity contribution >= 4 is 17.7 Å². The molecule has 128 valence electrons. The minimum atomic E-state index is -4.46. The maximum atomic E-state index is 12.5. The number of piperidine rings is 1. The highest BCUT2D eigenvalue weighted by atomic mass is 32.2. The monoisotopic (exact) mass is 347 g/mol. The zero-order valence-electron chi connectivity index (χ0n) is 12.9. The molecule has 1 aromatic rings. The third-order valence-corrected chi connectivity index (χ3v) is 4.65. The number of rotatable bonds is 5. The van der Waals surface area contributed by atoms with E-state index in [1.54, 1.807) is 0 Å². The Hall–Kier alpha value is -1.28. The molecule has 1 fully saturated rings. The highest BCUT2D eigenvalue weighted by molar-refractivity contribution is 8.00. The van der Waals surface area contributed by atoms with Crippen LogP contribution in [-0.2, 0) is 0 Å². The Balaban J connectivity index is 1.86. The van der Waals surface area contributed by atoms with E-state index >= 15 is 0 Å². The van der Waals surface area contributed by atoms with E-state index in [0.717, 1.165) is 32.4 Å². The van der Waals surface area contributed by atoms with Crippen molar-refractivity contribution in [2.24, 2.45) is 5.92 Å². The standard InChI is InChI=1S/C15H20F3N3OS/c1-21-9-5-11(6-10-21)4-8-19-13(22)12-3-2-7-20-14(12)23-15(16,17)18/h2-3,7,11H,4-6,8-10H2,1H3,(H,19,22). The third-order valence-electron chi connectivity index (χ3n) is 3.90. The van der Waals surface area contributed by atoms with Gasteiger partial charge in [0.1, 0.15) is 5.03 Å². The normalized spacial score (nSPS) is 17.2. The predicted octanol–water partition coefficient (Wildman–Crippen LogP) is 3.16. The molecule has 1 aromatic heterocycles. The zero-order valence-corrected chi connectivity index (χ0v) is 13.7. The van der Waals surface area contributed by atoms with Gasteiger partial charge in [-0.2, -0.15) is 13.2 Å². The summed E-state index contributed by atoms with van der Waals surface area (Å²) >= 11 is -0.360. The van der Waals surface area contributed by atoms with E-state index in [1.165, 1.54) is 18.3 Å². The Bertz CT molecular complexity index is 531. The Morgan fingerprint density at radius 1 is 1.43 bits per heavy atom. The Morgan fingerprint density at radius 3 is 2.78 bits per heavy atom. The van der Waals surface area contributed by atoms with Gasteiger partial charge in [-0.05, 0) is 57.5 Å². The van der Waals surface area contributed by atoms with Crippen LogP contribution in [0.25, 0.3) is 0 Å². The number of thioether (sulfide) groups is 1. The first-order valence-corrected chi connectivity index (χ1v) is 8.34. The second-order valence-electron chi connectivity index (χ2n) is 5.70. The number of hydrogen-bond acceptors (Lipinski definition) is 4. The molecular formula is C15H20F3N3OS. The molecule has 0 radical (unpaired) electrons. The number of alkyl halides is 3. The summed E-state index contributed by atoms with van der Waals surface area (Å²) in [5.41, 5.74) is -4.49. The van der Waals surface area contributed by atoms with Gasteiger partial charge < -0.3 is 10.2 Å². The van der Waals surface area contributed by atoms with Gasteiger partial charge in [0.25, 0.3) is 5.91 Å². The summed E-state index contributed by atoms with van der Waals surface area (Å²) in [4.78, 5) is 18.0. The average Bonchev–Trinajstić information content (AvgIpc) is 2.48. The zero-order chi connectivity index (χ0) is 16.9. The number of aromatic nitrogens is 1. The minimum Gasteiger partial charge on any atom is -0.352 e. The predicted molar refractivity (Wildman–Crippen MR) is 83.3 cm³/mol. The van der Waals surface area contributed by atoms with Gasteiger partial charge in [-0.1, -0.05) is 0 Å². The molecule has 1 saturated heterocycles. The molecule has 23 heavy (non-hydrogen) atoms. The average molecular weight is 347 g/mol. The van der Waals surface area contributed by atoms with E-state index in [9.17, 15) is 18.0 Å². The molecule has 8 heteroatoms. The molecule has 2 heterocycles. The van der Waals surface area contributed by atoms with E-state index < -0.39 is 11.4 Å². The number of nitrogens with one attached hydrogen (secondary N) is 1. The summed E-state index contributed by atoms with van der Waals surface area (Å²) in [5.74, 6) is 0.0576. The van der Waals surface area contributed by atoms with Gasteiger partial charge in [0.15, 0.2) is 0 Å². The molecule has 1 amide bonds. The number of amides is 1. The number of carbonyl (C=O) groups excluding carboxylic acids is 1. The molecule has 0 unspecified atom stereocenters. The number of nitrogens with zero attached hydrogens (tertiary/aromatic N) is 2. The topological polar surface area (TPSA) is 45.2 Å². The Labute approximate surface area is 137 Å². The van der Waals surface area contributed by atoms with Crippen molar-refractivity contribution in [3.8, 4) is 0 Å². The molecule has 4 nitrogen and oxygen atoms in total. The van der Waals surface area contributed by atoms with Gasteiger partial charge in [-0.25, -0.2) is 4.98 Å². The van der Waals surface area contributed by atoms with Crippen molar-refractivity contribution in [2.75, 3.05) is 26.7 Å². The lowest BCUT2D eigenvalue weighted by atomic mass is 9.94. The van der Waals surface area contributed by atoms with Crippen LogP contribution >= 0.6 is 11.8 Å². The lowest BCUT2D eigenvalue weighted by Gasteiger charge is -2.28. The van der Waals surface area contributed by atoms with Crippen molar-refractivity contribution < 1.29 is 18.0 Å². The van der Waals surface area contributed by atoms with Gasteiger partial charge in [0.05, 0.1) is 5.56 Å². The highest BCUT2D eigenvalue weighted by Crippen LogP contribution is 2.37. The molecule has 0 bridgehead atoms. The summed E-state index contributed by atoms with van der Waals surface area (Å²) in [6.45, 7) is 2.57. The second-order valence-corrected chi connectivity index (χ2v) is 6.75. The third kappa shape index (κ3) is 6.02. The first-order chi connectivity index (χ1) is 10.8. The minimum absolute atomic E-state index is 0.0294. The van der Waals surface area contributed by atoms with Crippen LogP contribution in [0.2, 0.25) is 0 Å². The molecule has 1 N–H and O–H groups in total. The van der Waals surface area contributed by atoms with Crippen LogP contribution in [0.4, 0.5) is 13.2 Å². The van der Waals surface area contributed by atoms with Gasteiger partial charge >= 0.3 is 5.51 Å². The number of hydrogen-bond donors (Lipinski definition) is 1. The lowest BCUT2D eigenvalue weighted by Crippen LogP contribution is -2.32. The maximum absolute atomic E-state index is 12.5. The van der Waals surface area contributed by atoms with Crippen LogP contribution in [-0.4, -0.2) is 48.0 Å². The molecular weight excluding hydrogens is 327 g/mol. The quantitative estimate of drug-likeness (QED) is 0.831. The number of likely N-dealkylation sites (tertiary alicyclic amines) is 1. The first-order valence-electron chi connectivity index (χ1n) is 7.52. The molecule has 0 spiro atoms. The second kappa shape index (κ2) is 8.01. The first kappa shape index (κ1) is 18.1. The van der Waals surface area contributed by atoms with Crippen molar-refractivity contribution in [1.29, 1.82) is 0 Å². The van der Waals surface area contributed by atoms with E-state index in [2.05, 4.69) is 22.2 Å². The summed E-state index contributed by atoms with van der Waals surface area (Å²) in [6.07, 6.45) is 4.29. The van der Waals surface area contributed by atoms with Crippen LogP contribution in [0.1, 0.15) is 29.6 Å². The Morgan fingerprint density at radius 2 is 2.13 bits per heavy atom. The van der Waals surface area contributed by atoms with E-state index in [1.807, 2.05) is 0 Å². The van der Waals surface area contributed by atoms with Crippen molar-refractivity contribution in [3.63, 3.8) is 0 Å². The number of pyridine rings is 1. The molecule has 0 saturated carbocycles. The van der Waals surface area contributed by atoms with Crippen LogP contribution in [0.15, 0.2) is 23.4 Å². The van der Waals surface area contributed by atoms with Crippen LogP contribution < -0.4 is 5.32 Å². The molecule has 0 aliphatic carbocycles. The fraction of sp³-hybridized carbons (Fsp3) is 0.600. The molecule has 0 aromatic carbocycles. The molecule has 1 aliphatic rings. The van der Waals surface area contributed by atoms with Gasteiger partial charge in [-0.3, -0.25) is 4.79 Å². The fourth-order valence-electron chi connectivity index (χ4n) is 2.59. The van der Waals surface area contributed by atoms with Crippen LogP contribution in [0, 0.1) is 5.92 Å².